The second-order valence-electron chi connectivity index (χ2n) is 10.4. The molecule has 0 saturated carbocycles. The largest absolute Gasteiger partial charge is 0.265 e. The molecule has 0 aliphatic carbocycles. The maximum absolute atomic E-state index is 5.14. The van der Waals surface area contributed by atoms with Gasteiger partial charge in [-0.2, -0.15) is 0 Å². The highest BCUT2D eigenvalue weighted by Crippen LogP contribution is 2.34. The Balaban J connectivity index is 1.31. The summed E-state index contributed by atoms with van der Waals surface area (Å²) in [6, 6.07) is 48.0. The van der Waals surface area contributed by atoms with Crippen LogP contribution in [0.1, 0.15) is 0 Å². The fraction of sp³-hybridized carbons (Fsp3) is 0. The van der Waals surface area contributed by atoms with Gasteiger partial charge in [-0.1, -0.05) is 72.8 Å². The molecule has 0 amide bonds. The van der Waals surface area contributed by atoms with Gasteiger partial charge in [0.25, 0.3) is 0 Å². The lowest BCUT2D eigenvalue weighted by Crippen LogP contribution is -1.92. The first-order chi connectivity index (χ1) is 19.8. The van der Waals surface area contributed by atoms with Gasteiger partial charge in [0.05, 0.1) is 11.4 Å². The zero-order valence-corrected chi connectivity index (χ0v) is 21.8. The van der Waals surface area contributed by atoms with Crippen molar-refractivity contribution in [2.75, 3.05) is 0 Å². The molecule has 2 aromatic heterocycles. The zero-order chi connectivity index (χ0) is 26.5. The first-order valence-electron chi connectivity index (χ1n) is 13.6. The van der Waals surface area contributed by atoms with E-state index in [0.717, 1.165) is 28.1 Å². The molecule has 0 aliphatic heterocycles. The van der Waals surface area contributed by atoms with Crippen LogP contribution in [0.15, 0.2) is 146 Å². The SMILES string of the molecule is c1ccc2cc3cc(-c4cc(-c5ccncc5)nc(-c5ccc6cc7ccccc7cc6c5)c4)ccc3cc2c1. The molecule has 0 saturated heterocycles. The maximum Gasteiger partial charge on any atom is 0.0716 e. The zero-order valence-electron chi connectivity index (χ0n) is 21.8. The minimum Gasteiger partial charge on any atom is -0.265 e. The van der Waals surface area contributed by atoms with Gasteiger partial charge in [-0.15, -0.1) is 0 Å². The third kappa shape index (κ3) is 3.98. The molecular formula is C38H24N2. The topological polar surface area (TPSA) is 25.8 Å². The molecule has 8 aromatic rings. The number of aromatic nitrogens is 2. The van der Waals surface area contributed by atoms with Crippen molar-refractivity contribution in [3.05, 3.63) is 146 Å². The fourth-order valence-corrected chi connectivity index (χ4v) is 5.73. The average molecular weight is 509 g/mol. The van der Waals surface area contributed by atoms with Crippen molar-refractivity contribution in [1.82, 2.24) is 9.97 Å². The Bertz CT molecular complexity index is 2080. The molecule has 0 N–H and O–H groups in total. The van der Waals surface area contributed by atoms with Crippen molar-refractivity contribution in [3.8, 4) is 33.6 Å². The van der Waals surface area contributed by atoms with Crippen molar-refractivity contribution in [1.29, 1.82) is 0 Å². The van der Waals surface area contributed by atoms with E-state index in [-0.39, 0.29) is 0 Å². The van der Waals surface area contributed by atoms with E-state index >= 15 is 0 Å². The summed E-state index contributed by atoms with van der Waals surface area (Å²) in [5.74, 6) is 0. The smallest absolute Gasteiger partial charge is 0.0716 e. The molecule has 2 nitrogen and oxygen atoms in total. The van der Waals surface area contributed by atoms with Crippen LogP contribution < -0.4 is 0 Å². The summed E-state index contributed by atoms with van der Waals surface area (Å²) >= 11 is 0. The molecule has 2 heteroatoms. The van der Waals surface area contributed by atoms with Crippen LogP contribution in [0, 0.1) is 0 Å². The number of rotatable bonds is 3. The Morgan fingerprint density at radius 1 is 0.300 bits per heavy atom. The molecule has 40 heavy (non-hydrogen) atoms. The van der Waals surface area contributed by atoms with Gasteiger partial charge in [-0.25, -0.2) is 4.98 Å². The first-order valence-corrected chi connectivity index (χ1v) is 13.6. The van der Waals surface area contributed by atoms with Gasteiger partial charge in [0, 0.05) is 23.5 Å². The van der Waals surface area contributed by atoms with Crippen LogP contribution in [0.25, 0.3) is 76.7 Å². The van der Waals surface area contributed by atoms with E-state index in [1.54, 1.807) is 0 Å². The highest BCUT2D eigenvalue weighted by molar-refractivity contribution is 6.01. The molecule has 186 valence electrons. The molecule has 0 bridgehead atoms. The average Bonchev–Trinajstić information content (AvgIpc) is 3.02. The van der Waals surface area contributed by atoms with Crippen molar-refractivity contribution in [3.63, 3.8) is 0 Å². The van der Waals surface area contributed by atoms with Crippen LogP contribution in [-0.2, 0) is 0 Å². The lowest BCUT2D eigenvalue weighted by atomic mass is 9.96. The fourth-order valence-electron chi connectivity index (χ4n) is 5.73. The number of nitrogens with zero attached hydrogens (tertiary/aromatic N) is 2. The summed E-state index contributed by atoms with van der Waals surface area (Å²) in [6.07, 6.45) is 3.65. The van der Waals surface area contributed by atoms with E-state index in [4.69, 9.17) is 4.98 Å². The van der Waals surface area contributed by atoms with Gasteiger partial charge in [-0.3, -0.25) is 4.98 Å². The maximum atomic E-state index is 5.14. The van der Waals surface area contributed by atoms with Gasteiger partial charge in [-0.05, 0) is 115 Å². The monoisotopic (exact) mass is 508 g/mol. The Morgan fingerprint density at radius 2 is 0.750 bits per heavy atom. The van der Waals surface area contributed by atoms with E-state index < -0.39 is 0 Å². The van der Waals surface area contributed by atoms with Crippen molar-refractivity contribution in [2.45, 2.75) is 0 Å². The van der Waals surface area contributed by atoms with E-state index in [0.29, 0.717) is 0 Å². The number of hydrogen-bond acceptors (Lipinski definition) is 2. The van der Waals surface area contributed by atoms with Gasteiger partial charge < -0.3 is 0 Å². The summed E-state index contributed by atoms with van der Waals surface area (Å²) in [5.41, 5.74) is 6.37. The third-order valence-electron chi connectivity index (χ3n) is 7.84. The molecule has 8 rings (SSSR count). The highest BCUT2D eigenvalue weighted by atomic mass is 14.7. The Morgan fingerprint density at radius 3 is 1.32 bits per heavy atom. The minimum atomic E-state index is 0.937. The Hall–Kier alpha value is -5.34. The second kappa shape index (κ2) is 9.14. The van der Waals surface area contributed by atoms with Gasteiger partial charge in [0.1, 0.15) is 0 Å². The molecule has 0 atom stereocenters. The quantitative estimate of drug-likeness (QED) is 0.222. The molecule has 0 unspecified atom stereocenters. The molecule has 0 radical (unpaired) electrons. The van der Waals surface area contributed by atoms with Crippen LogP contribution in [0.4, 0.5) is 0 Å². The predicted octanol–water partition coefficient (Wildman–Crippen LogP) is 10.1. The number of fused-ring (bicyclic) bond motifs is 4. The number of benzene rings is 6. The molecule has 0 fully saturated rings. The molecule has 0 spiro atoms. The standard InChI is InChI=1S/C38H24N2/c1-3-7-28-19-34-21-32(10-9-30(34)17-26(28)5-1)36-23-37(25-13-15-39-16-14-25)40-38(24-36)33-12-11-31-18-27-6-2-4-8-29(27)20-35(31)22-33/h1-24H. The molecule has 0 aliphatic rings. The lowest BCUT2D eigenvalue weighted by Gasteiger charge is -2.12. The van der Waals surface area contributed by atoms with E-state index in [1.807, 2.05) is 24.5 Å². The normalized spacial score (nSPS) is 11.5. The molecule has 6 aromatic carbocycles. The molecular weight excluding hydrogens is 484 g/mol. The van der Waals surface area contributed by atoms with Crippen molar-refractivity contribution >= 4 is 43.1 Å². The highest BCUT2D eigenvalue weighted by Gasteiger charge is 2.11. The lowest BCUT2D eigenvalue weighted by molar-refractivity contribution is 1.29. The summed E-state index contributed by atoms with van der Waals surface area (Å²) in [4.78, 5) is 9.37. The van der Waals surface area contributed by atoms with Gasteiger partial charge in [0.15, 0.2) is 0 Å². The van der Waals surface area contributed by atoms with E-state index in [9.17, 15) is 0 Å². The third-order valence-corrected chi connectivity index (χ3v) is 7.84. The Kier molecular flexibility index (Phi) is 5.17. The predicted molar refractivity (Wildman–Crippen MR) is 168 cm³/mol. The summed E-state index contributed by atoms with van der Waals surface area (Å²) in [7, 11) is 0. The second-order valence-corrected chi connectivity index (χ2v) is 10.4. The summed E-state index contributed by atoms with van der Waals surface area (Å²) < 4.78 is 0. The number of hydrogen-bond donors (Lipinski definition) is 0. The van der Waals surface area contributed by atoms with Crippen LogP contribution >= 0.6 is 0 Å². The van der Waals surface area contributed by atoms with Gasteiger partial charge in [0.2, 0.25) is 0 Å². The first kappa shape index (κ1) is 22.6. The number of pyridine rings is 2. The van der Waals surface area contributed by atoms with Gasteiger partial charge >= 0.3 is 0 Å². The van der Waals surface area contributed by atoms with Crippen LogP contribution in [0.3, 0.4) is 0 Å². The van der Waals surface area contributed by atoms with Crippen LogP contribution in [0.5, 0.6) is 0 Å². The Labute approximate surface area is 232 Å². The minimum absolute atomic E-state index is 0.937. The van der Waals surface area contributed by atoms with Crippen molar-refractivity contribution < 1.29 is 0 Å². The van der Waals surface area contributed by atoms with Crippen LogP contribution in [0.2, 0.25) is 0 Å². The molecule has 2 heterocycles. The summed E-state index contributed by atoms with van der Waals surface area (Å²) in [6.45, 7) is 0. The van der Waals surface area contributed by atoms with E-state index in [2.05, 4.69) is 126 Å². The van der Waals surface area contributed by atoms with Crippen LogP contribution in [-0.4, -0.2) is 9.97 Å². The van der Waals surface area contributed by atoms with Crippen molar-refractivity contribution in [2.24, 2.45) is 0 Å². The summed E-state index contributed by atoms with van der Waals surface area (Å²) in [5, 5.41) is 9.94. The van der Waals surface area contributed by atoms with E-state index in [1.165, 1.54) is 48.7 Å².